The molecular weight excluding hydrogens is 354 g/mol. The number of nitrogens with one attached hydrogen (secondary N) is 1. The molecule has 0 aromatic heterocycles. The molecular formula is C19H24BrNO2. The van der Waals surface area contributed by atoms with Gasteiger partial charge in [-0.25, -0.2) is 0 Å². The quantitative estimate of drug-likeness (QED) is 0.707. The highest BCUT2D eigenvalue weighted by molar-refractivity contribution is 9.10. The van der Waals surface area contributed by atoms with Crippen molar-refractivity contribution in [2.75, 3.05) is 6.61 Å². The van der Waals surface area contributed by atoms with Crippen molar-refractivity contribution >= 4 is 15.9 Å². The van der Waals surface area contributed by atoms with Gasteiger partial charge >= 0.3 is 0 Å². The molecule has 23 heavy (non-hydrogen) atoms. The van der Waals surface area contributed by atoms with E-state index in [0.29, 0.717) is 19.3 Å². The van der Waals surface area contributed by atoms with Crippen molar-refractivity contribution in [2.24, 2.45) is 0 Å². The van der Waals surface area contributed by atoms with E-state index in [1.54, 1.807) is 0 Å². The van der Waals surface area contributed by atoms with Crippen LogP contribution < -0.4 is 14.8 Å². The Hall–Kier alpha value is -1.52. The Bertz CT molecular complexity index is 614. The summed E-state index contributed by atoms with van der Waals surface area (Å²) in [6, 6.07) is 14.6. The highest BCUT2D eigenvalue weighted by Crippen LogP contribution is 2.34. The summed E-state index contributed by atoms with van der Waals surface area (Å²) < 4.78 is 12.7. The fraction of sp³-hybridized carbons (Fsp3) is 0.368. The Kier molecular flexibility index (Phi) is 6.93. The molecule has 2 aromatic rings. The highest BCUT2D eigenvalue weighted by atomic mass is 79.9. The van der Waals surface area contributed by atoms with Crippen LogP contribution in [0.15, 0.2) is 46.9 Å². The van der Waals surface area contributed by atoms with Gasteiger partial charge in [0.2, 0.25) is 0 Å². The first-order valence-corrected chi connectivity index (χ1v) is 8.74. The van der Waals surface area contributed by atoms with E-state index >= 15 is 0 Å². The van der Waals surface area contributed by atoms with Gasteiger partial charge in [0.1, 0.15) is 6.61 Å². The van der Waals surface area contributed by atoms with Gasteiger partial charge in [0.05, 0.1) is 6.61 Å². The second-order valence-electron chi connectivity index (χ2n) is 5.63. The van der Waals surface area contributed by atoms with E-state index in [-0.39, 0.29) is 0 Å². The van der Waals surface area contributed by atoms with Crippen molar-refractivity contribution in [1.82, 2.24) is 5.32 Å². The lowest BCUT2D eigenvalue weighted by atomic mass is 10.2. The molecule has 4 heteroatoms. The van der Waals surface area contributed by atoms with E-state index in [2.05, 4.69) is 47.2 Å². The van der Waals surface area contributed by atoms with E-state index in [9.17, 15) is 0 Å². The normalized spacial score (nSPS) is 10.8. The van der Waals surface area contributed by atoms with Crippen LogP contribution >= 0.6 is 15.9 Å². The molecule has 0 aliphatic heterocycles. The zero-order valence-electron chi connectivity index (χ0n) is 13.9. The minimum atomic E-state index is 0.437. The van der Waals surface area contributed by atoms with E-state index in [1.807, 2.05) is 37.3 Å². The van der Waals surface area contributed by atoms with Gasteiger partial charge in [-0.3, -0.25) is 0 Å². The maximum Gasteiger partial charge on any atom is 0.162 e. The second-order valence-corrected chi connectivity index (χ2v) is 6.49. The molecule has 124 valence electrons. The Morgan fingerprint density at radius 2 is 1.74 bits per heavy atom. The maximum atomic E-state index is 5.96. The second kappa shape index (κ2) is 8.94. The van der Waals surface area contributed by atoms with Crippen LogP contribution in [0.4, 0.5) is 0 Å². The fourth-order valence-electron chi connectivity index (χ4n) is 2.14. The minimum Gasteiger partial charge on any atom is -0.490 e. The molecule has 0 radical (unpaired) electrons. The molecule has 0 spiro atoms. The summed E-state index contributed by atoms with van der Waals surface area (Å²) in [4.78, 5) is 0. The number of rotatable bonds is 8. The van der Waals surface area contributed by atoms with Gasteiger partial charge in [0.15, 0.2) is 11.5 Å². The van der Waals surface area contributed by atoms with E-state index in [1.165, 1.54) is 0 Å². The van der Waals surface area contributed by atoms with Crippen molar-refractivity contribution in [3.05, 3.63) is 58.1 Å². The summed E-state index contributed by atoms with van der Waals surface area (Å²) in [6.45, 7) is 8.17. The molecule has 0 aliphatic rings. The van der Waals surface area contributed by atoms with Crippen molar-refractivity contribution in [1.29, 1.82) is 0 Å². The van der Waals surface area contributed by atoms with E-state index in [4.69, 9.17) is 9.47 Å². The molecule has 0 saturated carbocycles. The zero-order chi connectivity index (χ0) is 16.7. The molecule has 2 aromatic carbocycles. The zero-order valence-corrected chi connectivity index (χ0v) is 15.5. The van der Waals surface area contributed by atoms with Gasteiger partial charge in [-0.05, 0) is 30.2 Å². The largest absolute Gasteiger partial charge is 0.490 e. The first kappa shape index (κ1) is 17.8. The summed E-state index contributed by atoms with van der Waals surface area (Å²) in [5, 5.41) is 3.42. The van der Waals surface area contributed by atoms with Crippen molar-refractivity contribution in [2.45, 2.75) is 40.0 Å². The van der Waals surface area contributed by atoms with Crippen LogP contribution in [0.5, 0.6) is 11.5 Å². The SMILES string of the molecule is CCOc1cc(CNC(C)C)c(Br)cc1OCc1ccccc1. The topological polar surface area (TPSA) is 30.5 Å². The van der Waals surface area contributed by atoms with Crippen LogP contribution in [0.25, 0.3) is 0 Å². The monoisotopic (exact) mass is 377 g/mol. The van der Waals surface area contributed by atoms with Crippen molar-refractivity contribution in [3.8, 4) is 11.5 Å². The fourth-order valence-corrected chi connectivity index (χ4v) is 2.61. The molecule has 0 saturated heterocycles. The molecule has 2 rings (SSSR count). The van der Waals surface area contributed by atoms with Crippen LogP contribution in [-0.2, 0) is 13.2 Å². The van der Waals surface area contributed by atoms with Gasteiger partial charge in [-0.1, -0.05) is 60.1 Å². The number of hydrogen-bond acceptors (Lipinski definition) is 3. The number of hydrogen-bond donors (Lipinski definition) is 1. The molecule has 0 fully saturated rings. The number of benzene rings is 2. The lowest BCUT2D eigenvalue weighted by molar-refractivity contribution is 0.269. The first-order valence-electron chi connectivity index (χ1n) is 7.95. The van der Waals surface area contributed by atoms with Crippen LogP contribution in [0.1, 0.15) is 31.9 Å². The molecule has 0 unspecified atom stereocenters. The smallest absolute Gasteiger partial charge is 0.162 e. The molecule has 0 amide bonds. The Labute approximate surface area is 147 Å². The summed E-state index contributed by atoms with van der Waals surface area (Å²) in [6.07, 6.45) is 0. The standard InChI is InChI=1S/C19H24BrNO2/c1-4-22-18-10-16(12-21-14(2)3)17(20)11-19(18)23-13-15-8-6-5-7-9-15/h5-11,14,21H,4,12-13H2,1-3H3. The third-order valence-corrected chi connectivity index (χ3v) is 4.09. The van der Waals surface area contributed by atoms with Gasteiger partial charge in [0.25, 0.3) is 0 Å². The number of halogens is 1. The average molecular weight is 378 g/mol. The van der Waals surface area contributed by atoms with Crippen molar-refractivity contribution in [3.63, 3.8) is 0 Å². The predicted molar refractivity (Wildman–Crippen MR) is 98.1 cm³/mol. The molecule has 0 heterocycles. The predicted octanol–water partition coefficient (Wildman–Crippen LogP) is 4.92. The Balaban J connectivity index is 2.15. The summed E-state index contributed by atoms with van der Waals surface area (Å²) in [5.41, 5.74) is 2.30. The molecule has 3 nitrogen and oxygen atoms in total. The minimum absolute atomic E-state index is 0.437. The highest BCUT2D eigenvalue weighted by Gasteiger charge is 2.11. The van der Waals surface area contributed by atoms with Gasteiger partial charge in [0, 0.05) is 17.1 Å². The third-order valence-electron chi connectivity index (χ3n) is 3.35. The summed E-state index contributed by atoms with van der Waals surface area (Å²) in [7, 11) is 0. The third kappa shape index (κ3) is 5.56. The van der Waals surface area contributed by atoms with Crippen LogP contribution in [-0.4, -0.2) is 12.6 Å². The van der Waals surface area contributed by atoms with Gasteiger partial charge in [-0.2, -0.15) is 0 Å². The lowest BCUT2D eigenvalue weighted by Crippen LogP contribution is -2.22. The summed E-state index contributed by atoms with van der Waals surface area (Å²) >= 11 is 3.63. The molecule has 0 atom stereocenters. The Morgan fingerprint density at radius 1 is 1.04 bits per heavy atom. The maximum absolute atomic E-state index is 5.96. The van der Waals surface area contributed by atoms with Gasteiger partial charge in [-0.15, -0.1) is 0 Å². The van der Waals surface area contributed by atoms with Crippen molar-refractivity contribution < 1.29 is 9.47 Å². The van der Waals surface area contributed by atoms with E-state index < -0.39 is 0 Å². The van der Waals surface area contributed by atoms with Crippen LogP contribution in [0.3, 0.4) is 0 Å². The van der Waals surface area contributed by atoms with Crippen LogP contribution in [0.2, 0.25) is 0 Å². The van der Waals surface area contributed by atoms with Gasteiger partial charge < -0.3 is 14.8 Å². The molecule has 0 aliphatic carbocycles. The molecule has 1 N–H and O–H groups in total. The number of ether oxygens (including phenoxy) is 2. The Morgan fingerprint density at radius 3 is 2.39 bits per heavy atom. The van der Waals surface area contributed by atoms with E-state index in [0.717, 1.165) is 33.6 Å². The lowest BCUT2D eigenvalue weighted by Gasteiger charge is -2.16. The average Bonchev–Trinajstić information content (AvgIpc) is 2.54. The summed E-state index contributed by atoms with van der Waals surface area (Å²) in [5.74, 6) is 1.54. The first-order chi connectivity index (χ1) is 11.1. The van der Waals surface area contributed by atoms with Crippen LogP contribution in [0, 0.1) is 0 Å². The molecule has 0 bridgehead atoms.